The second-order valence-corrected chi connectivity index (χ2v) is 7.31. The van der Waals surface area contributed by atoms with Crippen molar-refractivity contribution in [1.29, 1.82) is 0 Å². The number of aryl methyl sites for hydroxylation is 2. The largest absolute Gasteiger partial charge is 0.362 e. The number of nitrogens with one attached hydrogen (secondary N) is 1. The van der Waals surface area contributed by atoms with E-state index < -0.39 is 0 Å². The second-order valence-electron chi connectivity index (χ2n) is 5.97. The lowest BCUT2D eigenvalue weighted by atomic mass is 10.1. The molecule has 0 fully saturated rings. The molecule has 3 aromatic rings. The Hall–Kier alpha value is -2.34. The fraction of sp³-hybridized carbons (Fsp3) is 0.316. The van der Waals surface area contributed by atoms with Gasteiger partial charge in [0.15, 0.2) is 5.82 Å². The van der Waals surface area contributed by atoms with Crippen LogP contribution in [0.3, 0.4) is 0 Å². The van der Waals surface area contributed by atoms with E-state index in [2.05, 4.69) is 58.5 Å². The summed E-state index contributed by atoms with van der Waals surface area (Å²) in [6.45, 7) is 8.28. The highest BCUT2D eigenvalue weighted by atomic mass is 32.2. The van der Waals surface area contributed by atoms with Crippen molar-refractivity contribution >= 4 is 17.6 Å². The molecule has 6 heteroatoms. The van der Waals surface area contributed by atoms with Crippen LogP contribution in [0.2, 0.25) is 0 Å². The predicted octanol–water partition coefficient (Wildman–Crippen LogP) is 4.56. The van der Waals surface area contributed by atoms with Gasteiger partial charge in [-0.15, -0.1) is 11.8 Å². The van der Waals surface area contributed by atoms with Gasteiger partial charge in [0.1, 0.15) is 5.82 Å². The topological polar surface area (TPSA) is 55.6 Å². The molecule has 1 N–H and O–H groups in total. The van der Waals surface area contributed by atoms with Crippen molar-refractivity contribution < 1.29 is 0 Å². The number of rotatable bonds is 6. The van der Waals surface area contributed by atoms with Gasteiger partial charge in [-0.05, 0) is 50.3 Å². The molecule has 0 bridgehead atoms. The zero-order valence-corrected chi connectivity index (χ0v) is 15.8. The minimum Gasteiger partial charge on any atom is -0.362 e. The van der Waals surface area contributed by atoms with E-state index >= 15 is 0 Å². The maximum atomic E-state index is 4.65. The van der Waals surface area contributed by atoms with Gasteiger partial charge in [-0.1, -0.05) is 19.1 Å². The van der Waals surface area contributed by atoms with Gasteiger partial charge in [0.25, 0.3) is 0 Å². The van der Waals surface area contributed by atoms with E-state index in [1.807, 2.05) is 36.4 Å². The smallest absolute Gasteiger partial charge is 0.174 e. The molecule has 0 amide bonds. The zero-order chi connectivity index (χ0) is 17.8. The van der Waals surface area contributed by atoms with Gasteiger partial charge >= 0.3 is 0 Å². The van der Waals surface area contributed by atoms with Gasteiger partial charge in [-0.3, -0.25) is 4.98 Å². The van der Waals surface area contributed by atoms with Crippen molar-refractivity contribution in [1.82, 2.24) is 19.7 Å². The SMILES string of the molecule is CCSc1ccc(C(C)Nc2cncc(-n3nc(C)cc3C)n2)cc1. The molecular weight excluding hydrogens is 330 g/mol. The summed E-state index contributed by atoms with van der Waals surface area (Å²) in [5.41, 5.74) is 3.23. The molecular formula is C19H23N5S. The van der Waals surface area contributed by atoms with Gasteiger partial charge in [0.05, 0.1) is 18.1 Å². The molecule has 5 nitrogen and oxygen atoms in total. The Morgan fingerprint density at radius 1 is 1.16 bits per heavy atom. The highest BCUT2D eigenvalue weighted by Crippen LogP contribution is 2.23. The third-order valence-corrected chi connectivity index (χ3v) is 4.80. The highest BCUT2D eigenvalue weighted by molar-refractivity contribution is 7.99. The molecule has 130 valence electrons. The Labute approximate surface area is 152 Å². The lowest BCUT2D eigenvalue weighted by Crippen LogP contribution is -2.10. The number of aromatic nitrogens is 4. The first-order valence-electron chi connectivity index (χ1n) is 8.42. The molecule has 0 aliphatic carbocycles. The average Bonchev–Trinajstić information content (AvgIpc) is 2.94. The van der Waals surface area contributed by atoms with Crippen molar-refractivity contribution in [2.24, 2.45) is 0 Å². The molecule has 1 aromatic carbocycles. The van der Waals surface area contributed by atoms with Crippen molar-refractivity contribution in [2.45, 2.75) is 38.6 Å². The van der Waals surface area contributed by atoms with E-state index in [1.54, 1.807) is 12.4 Å². The van der Waals surface area contributed by atoms with E-state index in [-0.39, 0.29) is 6.04 Å². The first kappa shape index (κ1) is 17.5. The van der Waals surface area contributed by atoms with Crippen molar-refractivity contribution in [2.75, 3.05) is 11.1 Å². The third kappa shape index (κ3) is 4.20. The molecule has 1 atom stereocenters. The molecule has 0 aliphatic heterocycles. The minimum absolute atomic E-state index is 0.144. The van der Waals surface area contributed by atoms with E-state index in [0.717, 1.165) is 28.8 Å². The summed E-state index contributed by atoms with van der Waals surface area (Å²) in [5, 5.41) is 7.89. The van der Waals surface area contributed by atoms with Gasteiger partial charge in [-0.2, -0.15) is 5.10 Å². The van der Waals surface area contributed by atoms with Crippen LogP contribution in [-0.4, -0.2) is 25.5 Å². The van der Waals surface area contributed by atoms with Crippen molar-refractivity contribution in [3.05, 3.63) is 59.7 Å². The molecule has 3 rings (SSSR count). The Balaban J connectivity index is 1.76. The molecule has 0 saturated heterocycles. The number of nitrogens with zero attached hydrogens (tertiary/aromatic N) is 4. The molecule has 0 spiro atoms. The standard InChI is InChI=1S/C19H23N5S/c1-5-25-17-8-6-16(7-9-17)15(4)21-18-11-20-12-19(22-18)24-14(3)10-13(2)23-24/h6-12,15H,5H2,1-4H3,(H,21,22). The summed E-state index contributed by atoms with van der Waals surface area (Å²) in [6, 6.07) is 10.8. The summed E-state index contributed by atoms with van der Waals surface area (Å²) >= 11 is 1.85. The van der Waals surface area contributed by atoms with Crippen molar-refractivity contribution in [3.8, 4) is 5.82 Å². The molecule has 25 heavy (non-hydrogen) atoms. The van der Waals surface area contributed by atoms with Gasteiger partial charge in [0.2, 0.25) is 0 Å². The van der Waals surface area contributed by atoms with Crippen LogP contribution in [-0.2, 0) is 0 Å². The van der Waals surface area contributed by atoms with Crippen molar-refractivity contribution in [3.63, 3.8) is 0 Å². The summed E-state index contributed by atoms with van der Waals surface area (Å²) in [7, 11) is 0. The molecule has 0 radical (unpaired) electrons. The second kappa shape index (κ2) is 7.70. The zero-order valence-electron chi connectivity index (χ0n) is 15.0. The molecule has 1 unspecified atom stereocenters. The molecule has 2 aromatic heterocycles. The summed E-state index contributed by atoms with van der Waals surface area (Å²) in [6.07, 6.45) is 3.47. The molecule has 0 aliphatic rings. The van der Waals surface area contributed by atoms with Crippen LogP contribution in [0.5, 0.6) is 0 Å². The van der Waals surface area contributed by atoms with E-state index in [9.17, 15) is 0 Å². The number of thioether (sulfide) groups is 1. The Morgan fingerprint density at radius 2 is 1.92 bits per heavy atom. The first-order chi connectivity index (χ1) is 12.1. The monoisotopic (exact) mass is 353 g/mol. The summed E-state index contributed by atoms with van der Waals surface area (Å²) < 4.78 is 1.81. The maximum Gasteiger partial charge on any atom is 0.174 e. The lowest BCUT2D eigenvalue weighted by molar-refractivity contribution is 0.793. The molecule has 0 saturated carbocycles. The fourth-order valence-electron chi connectivity index (χ4n) is 2.71. The number of hydrogen-bond acceptors (Lipinski definition) is 5. The minimum atomic E-state index is 0.144. The maximum absolute atomic E-state index is 4.65. The number of benzene rings is 1. The number of hydrogen-bond donors (Lipinski definition) is 1. The van der Waals surface area contributed by atoms with Crippen LogP contribution in [0.15, 0.2) is 47.6 Å². The van der Waals surface area contributed by atoms with E-state index in [1.165, 1.54) is 10.5 Å². The quantitative estimate of drug-likeness (QED) is 0.658. The Kier molecular flexibility index (Phi) is 5.38. The van der Waals surface area contributed by atoms with Crippen LogP contribution in [0.1, 0.15) is 36.8 Å². The lowest BCUT2D eigenvalue weighted by Gasteiger charge is -2.16. The number of anilines is 1. The Morgan fingerprint density at radius 3 is 2.56 bits per heavy atom. The average molecular weight is 353 g/mol. The highest BCUT2D eigenvalue weighted by Gasteiger charge is 2.10. The van der Waals surface area contributed by atoms with E-state index in [0.29, 0.717) is 0 Å². The van der Waals surface area contributed by atoms with E-state index in [4.69, 9.17) is 0 Å². The van der Waals surface area contributed by atoms with Crippen LogP contribution in [0.4, 0.5) is 5.82 Å². The van der Waals surface area contributed by atoms with Gasteiger partial charge in [-0.25, -0.2) is 9.67 Å². The van der Waals surface area contributed by atoms with Crippen LogP contribution in [0.25, 0.3) is 5.82 Å². The molecule has 2 heterocycles. The van der Waals surface area contributed by atoms with Gasteiger partial charge in [0, 0.05) is 16.6 Å². The fourth-order valence-corrected chi connectivity index (χ4v) is 3.37. The van der Waals surface area contributed by atoms with Crippen LogP contribution < -0.4 is 5.32 Å². The summed E-state index contributed by atoms with van der Waals surface area (Å²) in [5.74, 6) is 2.55. The third-order valence-electron chi connectivity index (χ3n) is 3.90. The first-order valence-corrected chi connectivity index (χ1v) is 9.40. The van der Waals surface area contributed by atoms with Crippen LogP contribution >= 0.6 is 11.8 Å². The van der Waals surface area contributed by atoms with Crippen LogP contribution in [0, 0.1) is 13.8 Å². The summed E-state index contributed by atoms with van der Waals surface area (Å²) in [4.78, 5) is 10.3. The normalized spacial score (nSPS) is 12.2. The Bertz CT molecular complexity index is 841. The van der Waals surface area contributed by atoms with Gasteiger partial charge < -0.3 is 5.32 Å². The predicted molar refractivity (Wildman–Crippen MR) is 104 cm³/mol.